The summed E-state index contributed by atoms with van der Waals surface area (Å²) in [6.45, 7) is 3.55. The van der Waals surface area contributed by atoms with Gasteiger partial charge in [0.25, 0.3) is 0 Å². The standard InChI is InChI=1S/C25H28N4O3/c1-19-20(18-29(27-19)21-9-3-2-4-10-21)8-7-15-26-24(30)13-14-25(31)28-16-17-32-23-12-6-5-11-22(23)28/h2-6,9-12,18H,7-8,13-17H2,1H3,(H,26,30). The van der Waals surface area contributed by atoms with Gasteiger partial charge in [-0.25, -0.2) is 4.68 Å². The Hall–Kier alpha value is -3.61. The molecule has 0 unspecified atom stereocenters. The quantitative estimate of drug-likeness (QED) is 0.554. The van der Waals surface area contributed by atoms with Crippen LogP contribution >= 0.6 is 0 Å². The molecule has 1 N–H and O–H groups in total. The van der Waals surface area contributed by atoms with E-state index in [1.807, 2.05) is 72.4 Å². The van der Waals surface area contributed by atoms with E-state index in [-0.39, 0.29) is 24.7 Å². The number of benzene rings is 2. The van der Waals surface area contributed by atoms with Crippen molar-refractivity contribution < 1.29 is 14.3 Å². The fourth-order valence-corrected chi connectivity index (χ4v) is 3.83. The lowest BCUT2D eigenvalue weighted by atomic mass is 10.1. The average molecular weight is 433 g/mol. The van der Waals surface area contributed by atoms with E-state index in [2.05, 4.69) is 10.4 Å². The molecule has 2 heterocycles. The number of ether oxygens (including phenoxy) is 1. The summed E-state index contributed by atoms with van der Waals surface area (Å²) in [6, 6.07) is 17.5. The third-order valence-electron chi connectivity index (χ3n) is 5.56. The van der Waals surface area contributed by atoms with Gasteiger partial charge in [0.15, 0.2) is 0 Å². The lowest BCUT2D eigenvalue weighted by molar-refractivity contribution is -0.125. The fraction of sp³-hybridized carbons (Fsp3) is 0.320. The Kier molecular flexibility index (Phi) is 6.84. The maximum absolute atomic E-state index is 12.6. The van der Waals surface area contributed by atoms with Gasteiger partial charge in [-0.3, -0.25) is 9.59 Å². The second kappa shape index (κ2) is 10.1. The number of rotatable bonds is 8. The van der Waals surface area contributed by atoms with Gasteiger partial charge in [0.05, 0.1) is 23.6 Å². The first-order valence-electron chi connectivity index (χ1n) is 11.0. The van der Waals surface area contributed by atoms with Crippen LogP contribution in [0.2, 0.25) is 0 Å². The molecule has 0 atom stereocenters. The highest BCUT2D eigenvalue weighted by molar-refractivity contribution is 5.97. The number of hydrogen-bond acceptors (Lipinski definition) is 4. The van der Waals surface area contributed by atoms with Crippen molar-refractivity contribution in [2.45, 2.75) is 32.6 Å². The molecule has 32 heavy (non-hydrogen) atoms. The molecular formula is C25H28N4O3. The molecule has 0 saturated heterocycles. The lowest BCUT2D eigenvalue weighted by Crippen LogP contribution is -2.38. The molecule has 0 radical (unpaired) electrons. The van der Waals surface area contributed by atoms with E-state index in [1.54, 1.807) is 4.90 Å². The van der Waals surface area contributed by atoms with Crippen LogP contribution in [-0.4, -0.2) is 41.3 Å². The number of hydrogen-bond donors (Lipinski definition) is 1. The minimum absolute atomic E-state index is 0.0557. The summed E-state index contributed by atoms with van der Waals surface area (Å²) in [5, 5.41) is 7.51. The van der Waals surface area contributed by atoms with Crippen LogP contribution in [0.1, 0.15) is 30.5 Å². The van der Waals surface area contributed by atoms with Crippen LogP contribution in [-0.2, 0) is 16.0 Å². The molecule has 3 aromatic rings. The minimum atomic E-state index is -0.100. The Morgan fingerprint density at radius 3 is 2.69 bits per heavy atom. The molecule has 0 saturated carbocycles. The number of anilines is 1. The highest BCUT2D eigenvalue weighted by Crippen LogP contribution is 2.31. The van der Waals surface area contributed by atoms with Crippen molar-refractivity contribution in [1.82, 2.24) is 15.1 Å². The predicted octanol–water partition coefficient (Wildman–Crippen LogP) is 3.44. The van der Waals surface area contributed by atoms with Gasteiger partial charge in [-0.05, 0) is 49.6 Å². The Morgan fingerprint density at radius 2 is 1.84 bits per heavy atom. The Balaban J connectivity index is 1.20. The third kappa shape index (κ3) is 5.17. The molecule has 4 rings (SSSR count). The van der Waals surface area contributed by atoms with E-state index < -0.39 is 0 Å². The maximum atomic E-state index is 12.6. The van der Waals surface area contributed by atoms with Crippen molar-refractivity contribution in [2.24, 2.45) is 0 Å². The van der Waals surface area contributed by atoms with Gasteiger partial charge in [-0.2, -0.15) is 5.10 Å². The van der Waals surface area contributed by atoms with Crippen LogP contribution in [0, 0.1) is 6.92 Å². The zero-order valence-electron chi connectivity index (χ0n) is 18.3. The average Bonchev–Trinajstić information content (AvgIpc) is 3.21. The van der Waals surface area contributed by atoms with Crippen LogP contribution in [0.15, 0.2) is 60.8 Å². The van der Waals surface area contributed by atoms with Gasteiger partial charge in [0.2, 0.25) is 11.8 Å². The summed E-state index contributed by atoms with van der Waals surface area (Å²) in [6.07, 6.45) is 4.07. The topological polar surface area (TPSA) is 76.5 Å². The molecule has 7 heteroatoms. The second-order valence-electron chi connectivity index (χ2n) is 7.83. The number of aromatic nitrogens is 2. The molecule has 1 aliphatic rings. The van der Waals surface area contributed by atoms with Gasteiger partial charge >= 0.3 is 0 Å². The van der Waals surface area contributed by atoms with E-state index in [0.717, 1.165) is 29.9 Å². The van der Waals surface area contributed by atoms with Crippen molar-refractivity contribution >= 4 is 17.5 Å². The molecule has 2 aromatic carbocycles. The highest BCUT2D eigenvalue weighted by Gasteiger charge is 2.23. The van der Waals surface area contributed by atoms with E-state index in [4.69, 9.17) is 4.74 Å². The summed E-state index contributed by atoms with van der Waals surface area (Å²) < 4.78 is 7.47. The zero-order valence-corrected chi connectivity index (χ0v) is 18.3. The number of fused-ring (bicyclic) bond motifs is 1. The summed E-state index contributed by atoms with van der Waals surface area (Å²) in [7, 11) is 0. The molecule has 166 valence electrons. The number of carbonyl (C=O) groups excluding carboxylic acids is 2. The number of nitrogens with one attached hydrogen (secondary N) is 1. The first kappa shape index (κ1) is 21.6. The van der Waals surface area contributed by atoms with Gasteiger partial charge in [-0.1, -0.05) is 30.3 Å². The molecule has 7 nitrogen and oxygen atoms in total. The number of para-hydroxylation sites is 3. The number of aryl methyl sites for hydroxylation is 2. The van der Waals surface area contributed by atoms with E-state index in [1.165, 1.54) is 5.56 Å². The first-order chi connectivity index (χ1) is 15.6. The van der Waals surface area contributed by atoms with Crippen LogP contribution in [0.5, 0.6) is 5.75 Å². The van der Waals surface area contributed by atoms with Crippen molar-refractivity contribution in [1.29, 1.82) is 0 Å². The van der Waals surface area contributed by atoms with E-state index in [9.17, 15) is 9.59 Å². The van der Waals surface area contributed by atoms with Crippen molar-refractivity contribution in [3.63, 3.8) is 0 Å². The monoisotopic (exact) mass is 432 g/mol. The van der Waals surface area contributed by atoms with E-state index in [0.29, 0.717) is 25.4 Å². The summed E-state index contributed by atoms with van der Waals surface area (Å²) in [5.74, 6) is 0.555. The van der Waals surface area contributed by atoms with E-state index >= 15 is 0 Å². The predicted molar refractivity (Wildman–Crippen MR) is 123 cm³/mol. The molecule has 0 aliphatic carbocycles. The highest BCUT2D eigenvalue weighted by atomic mass is 16.5. The van der Waals surface area contributed by atoms with Crippen LogP contribution in [0.25, 0.3) is 5.69 Å². The SMILES string of the molecule is Cc1nn(-c2ccccc2)cc1CCCNC(=O)CCC(=O)N1CCOc2ccccc21. The normalized spacial score (nSPS) is 12.7. The van der Waals surface area contributed by atoms with Gasteiger partial charge in [-0.15, -0.1) is 0 Å². The number of amides is 2. The third-order valence-corrected chi connectivity index (χ3v) is 5.56. The van der Waals surface area contributed by atoms with Crippen LogP contribution < -0.4 is 15.0 Å². The largest absolute Gasteiger partial charge is 0.490 e. The molecular weight excluding hydrogens is 404 g/mol. The molecule has 0 spiro atoms. The smallest absolute Gasteiger partial charge is 0.227 e. The summed E-state index contributed by atoms with van der Waals surface area (Å²) in [5.41, 5.74) is 3.97. The van der Waals surface area contributed by atoms with Gasteiger partial charge < -0.3 is 15.0 Å². The second-order valence-corrected chi connectivity index (χ2v) is 7.83. The summed E-state index contributed by atoms with van der Waals surface area (Å²) in [4.78, 5) is 26.5. The van der Waals surface area contributed by atoms with Crippen LogP contribution in [0.4, 0.5) is 5.69 Å². The minimum Gasteiger partial charge on any atom is -0.490 e. The fourth-order valence-electron chi connectivity index (χ4n) is 3.83. The maximum Gasteiger partial charge on any atom is 0.227 e. The van der Waals surface area contributed by atoms with Gasteiger partial charge in [0, 0.05) is 25.6 Å². The Bertz CT molecular complexity index is 1080. The van der Waals surface area contributed by atoms with Crippen molar-refractivity contribution in [3.8, 4) is 11.4 Å². The zero-order chi connectivity index (χ0) is 22.3. The number of nitrogens with zero attached hydrogens (tertiary/aromatic N) is 3. The van der Waals surface area contributed by atoms with Gasteiger partial charge in [0.1, 0.15) is 12.4 Å². The lowest BCUT2D eigenvalue weighted by Gasteiger charge is -2.29. The molecule has 1 aliphatic heterocycles. The summed E-state index contributed by atoms with van der Waals surface area (Å²) >= 11 is 0. The van der Waals surface area contributed by atoms with Crippen LogP contribution in [0.3, 0.4) is 0 Å². The Labute approximate surface area is 188 Å². The number of carbonyl (C=O) groups is 2. The molecule has 1 aromatic heterocycles. The van der Waals surface area contributed by atoms with Crippen molar-refractivity contribution in [2.75, 3.05) is 24.6 Å². The molecule has 0 fully saturated rings. The molecule has 2 amide bonds. The molecule has 0 bridgehead atoms. The Morgan fingerprint density at radius 1 is 1.06 bits per heavy atom. The van der Waals surface area contributed by atoms with Crippen molar-refractivity contribution in [3.05, 3.63) is 72.1 Å². The first-order valence-corrected chi connectivity index (χ1v) is 11.0.